The highest BCUT2D eigenvalue weighted by Crippen LogP contribution is 2.32. The van der Waals surface area contributed by atoms with E-state index in [4.69, 9.17) is 0 Å². The van der Waals surface area contributed by atoms with Gasteiger partial charge < -0.3 is 15.2 Å². The molecule has 0 atom stereocenters. The van der Waals surface area contributed by atoms with E-state index in [1.54, 1.807) is 10.9 Å². The Labute approximate surface area is 146 Å². The highest BCUT2D eigenvalue weighted by Gasteiger charge is 2.26. The van der Waals surface area contributed by atoms with Gasteiger partial charge in [0.05, 0.1) is 11.4 Å². The number of H-pyrrole nitrogens is 1. The van der Waals surface area contributed by atoms with Crippen LogP contribution >= 0.6 is 0 Å². The van der Waals surface area contributed by atoms with Gasteiger partial charge in [-0.05, 0) is 43.4 Å². The second-order valence-corrected chi connectivity index (χ2v) is 6.64. The average Bonchev–Trinajstić information content (AvgIpc) is 3.18. The van der Waals surface area contributed by atoms with E-state index in [0.717, 1.165) is 43.0 Å². The fraction of sp³-hybridized carbons (Fsp3) is 0.389. The molecule has 25 heavy (non-hydrogen) atoms. The van der Waals surface area contributed by atoms with E-state index in [9.17, 15) is 4.79 Å². The van der Waals surface area contributed by atoms with Crippen molar-refractivity contribution in [2.75, 3.05) is 18.4 Å². The maximum atomic E-state index is 12.5. The molecule has 0 radical (unpaired) electrons. The van der Waals surface area contributed by atoms with Gasteiger partial charge in [-0.25, -0.2) is 9.78 Å². The SMILES string of the molecule is Cc1nn(C)cc1NC(=O)N1CCC(c2c[nH]c3ncccc23)CC1. The van der Waals surface area contributed by atoms with E-state index in [1.807, 2.05) is 31.1 Å². The molecule has 3 aromatic heterocycles. The average molecular weight is 338 g/mol. The number of anilines is 1. The molecule has 0 bridgehead atoms. The number of hydrogen-bond acceptors (Lipinski definition) is 3. The molecular weight excluding hydrogens is 316 g/mol. The highest BCUT2D eigenvalue weighted by molar-refractivity contribution is 5.89. The van der Waals surface area contributed by atoms with E-state index >= 15 is 0 Å². The summed E-state index contributed by atoms with van der Waals surface area (Å²) in [6, 6.07) is 4.03. The quantitative estimate of drug-likeness (QED) is 0.754. The van der Waals surface area contributed by atoms with Crippen molar-refractivity contribution in [1.82, 2.24) is 24.6 Å². The van der Waals surface area contributed by atoms with Crippen LogP contribution in [0.4, 0.5) is 10.5 Å². The molecule has 0 aromatic carbocycles. The molecule has 0 unspecified atom stereocenters. The number of rotatable bonds is 2. The Balaban J connectivity index is 1.41. The first-order valence-corrected chi connectivity index (χ1v) is 8.60. The molecule has 1 saturated heterocycles. The first-order valence-electron chi connectivity index (χ1n) is 8.60. The molecule has 3 aromatic rings. The number of carbonyl (C=O) groups excluding carboxylic acids is 1. The Hall–Kier alpha value is -2.83. The lowest BCUT2D eigenvalue weighted by Gasteiger charge is -2.31. The third-order valence-electron chi connectivity index (χ3n) is 4.96. The topological polar surface area (TPSA) is 78.8 Å². The fourth-order valence-corrected chi connectivity index (χ4v) is 3.63. The minimum Gasteiger partial charge on any atom is -0.346 e. The predicted molar refractivity (Wildman–Crippen MR) is 96.6 cm³/mol. The van der Waals surface area contributed by atoms with Gasteiger partial charge in [0.15, 0.2) is 0 Å². The molecular formula is C18H22N6O. The number of amides is 2. The minimum absolute atomic E-state index is 0.0462. The summed E-state index contributed by atoms with van der Waals surface area (Å²) in [5.41, 5.74) is 3.85. The minimum atomic E-state index is -0.0462. The van der Waals surface area contributed by atoms with Crippen LogP contribution in [0.15, 0.2) is 30.7 Å². The number of carbonyl (C=O) groups is 1. The number of pyridine rings is 1. The van der Waals surface area contributed by atoms with Crippen LogP contribution in [-0.2, 0) is 7.05 Å². The zero-order chi connectivity index (χ0) is 17.4. The molecule has 1 aliphatic heterocycles. The molecule has 1 fully saturated rings. The zero-order valence-electron chi connectivity index (χ0n) is 14.5. The second-order valence-electron chi connectivity index (χ2n) is 6.64. The number of aromatic amines is 1. The van der Waals surface area contributed by atoms with Gasteiger partial charge in [-0.1, -0.05) is 0 Å². The van der Waals surface area contributed by atoms with Crippen LogP contribution in [0.5, 0.6) is 0 Å². The number of hydrogen-bond donors (Lipinski definition) is 2. The molecule has 0 saturated carbocycles. The van der Waals surface area contributed by atoms with E-state index in [1.165, 1.54) is 10.9 Å². The predicted octanol–water partition coefficient (Wildman–Crippen LogP) is 3.02. The maximum Gasteiger partial charge on any atom is 0.321 e. The van der Waals surface area contributed by atoms with Crippen LogP contribution in [0.2, 0.25) is 0 Å². The Morgan fingerprint density at radius 2 is 2.16 bits per heavy atom. The van der Waals surface area contributed by atoms with Crippen molar-refractivity contribution in [3.05, 3.63) is 42.0 Å². The summed E-state index contributed by atoms with van der Waals surface area (Å²) in [7, 11) is 1.85. The van der Waals surface area contributed by atoms with E-state index < -0.39 is 0 Å². The summed E-state index contributed by atoms with van der Waals surface area (Å²) < 4.78 is 1.71. The van der Waals surface area contributed by atoms with Crippen molar-refractivity contribution >= 4 is 22.8 Å². The Morgan fingerprint density at radius 1 is 1.36 bits per heavy atom. The monoisotopic (exact) mass is 338 g/mol. The lowest BCUT2D eigenvalue weighted by atomic mass is 9.89. The number of fused-ring (bicyclic) bond motifs is 1. The molecule has 1 aliphatic rings. The van der Waals surface area contributed by atoms with Crippen molar-refractivity contribution < 1.29 is 4.79 Å². The number of aryl methyl sites for hydroxylation is 2. The van der Waals surface area contributed by atoms with Crippen LogP contribution in [-0.4, -0.2) is 43.8 Å². The molecule has 7 nitrogen and oxygen atoms in total. The first kappa shape index (κ1) is 15.7. The summed E-state index contributed by atoms with van der Waals surface area (Å²) in [5.74, 6) is 0.460. The molecule has 2 amide bonds. The van der Waals surface area contributed by atoms with Gasteiger partial charge >= 0.3 is 6.03 Å². The molecule has 0 aliphatic carbocycles. The van der Waals surface area contributed by atoms with Gasteiger partial charge in [0, 0.05) is 44.1 Å². The van der Waals surface area contributed by atoms with Gasteiger partial charge in [-0.15, -0.1) is 0 Å². The molecule has 7 heteroatoms. The molecule has 130 valence electrons. The Kier molecular flexibility index (Phi) is 3.91. The van der Waals surface area contributed by atoms with Gasteiger partial charge in [0.1, 0.15) is 5.65 Å². The number of aromatic nitrogens is 4. The number of nitrogens with one attached hydrogen (secondary N) is 2. The second kappa shape index (κ2) is 6.23. The van der Waals surface area contributed by atoms with E-state index in [0.29, 0.717) is 5.92 Å². The largest absolute Gasteiger partial charge is 0.346 e. The smallest absolute Gasteiger partial charge is 0.321 e. The fourth-order valence-electron chi connectivity index (χ4n) is 3.63. The summed E-state index contributed by atoms with van der Waals surface area (Å²) in [6.07, 6.45) is 7.62. The first-order chi connectivity index (χ1) is 12.1. The van der Waals surface area contributed by atoms with E-state index in [2.05, 4.69) is 32.6 Å². The number of urea groups is 1. The number of piperidine rings is 1. The van der Waals surface area contributed by atoms with Crippen molar-refractivity contribution in [2.45, 2.75) is 25.7 Å². The van der Waals surface area contributed by atoms with Crippen molar-refractivity contribution in [3.8, 4) is 0 Å². The zero-order valence-corrected chi connectivity index (χ0v) is 14.5. The number of nitrogens with zero attached hydrogens (tertiary/aromatic N) is 4. The standard InChI is InChI=1S/C18H22N6O/c1-12-16(11-23(2)22-12)21-18(25)24-8-5-13(6-9-24)15-10-20-17-14(15)4-3-7-19-17/h3-4,7,10-11,13H,5-6,8-9H2,1-2H3,(H,19,20)(H,21,25). The van der Waals surface area contributed by atoms with Crippen LogP contribution < -0.4 is 5.32 Å². The third kappa shape index (κ3) is 2.97. The highest BCUT2D eigenvalue weighted by atomic mass is 16.2. The van der Waals surface area contributed by atoms with Crippen molar-refractivity contribution in [3.63, 3.8) is 0 Å². The van der Waals surface area contributed by atoms with Crippen LogP contribution in [0.3, 0.4) is 0 Å². The van der Waals surface area contributed by atoms with Crippen LogP contribution in [0.25, 0.3) is 11.0 Å². The third-order valence-corrected chi connectivity index (χ3v) is 4.96. The van der Waals surface area contributed by atoms with Crippen LogP contribution in [0, 0.1) is 6.92 Å². The van der Waals surface area contributed by atoms with E-state index in [-0.39, 0.29) is 6.03 Å². The Morgan fingerprint density at radius 3 is 2.88 bits per heavy atom. The summed E-state index contributed by atoms with van der Waals surface area (Å²) in [5, 5.41) is 8.42. The normalized spacial score (nSPS) is 15.7. The van der Waals surface area contributed by atoms with Crippen LogP contribution in [0.1, 0.15) is 30.0 Å². The van der Waals surface area contributed by atoms with Gasteiger partial charge in [0.25, 0.3) is 0 Å². The maximum absolute atomic E-state index is 12.5. The van der Waals surface area contributed by atoms with Crippen molar-refractivity contribution in [2.24, 2.45) is 7.05 Å². The number of likely N-dealkylation sites (tertiary alicyclic amines) is 1. The van der Waals surface area contributed by atoms with Gasteiger partial charge in [0.2, 0.25) is 0 Å². The molecule has 4 rings (SSSR count). The van der Waals surface area contributed by atoms with Gasteiger partial charge in [-0.2, -0.15) is 5.10 Å². The molecule has 4 heterocycles. The lowest BCUT2D eigenvalue weighted by molar-refractivity contribution is 0.195. The van der Waals surface area contributed by atoms with Crippen molar-refractivity contribution in [1.29, 1.82) is 0 Å². The molecule has 2 N–H and O–H groups in total. The van der Waals surface area contributed by atoms with Gasteiger partial charge in [-0.3, -0.25) is 4.68 Å². The summed E-state index contributed by atoms with van der Waals surface area (Å²) >= 11 is 0. The lowest BCUT2D eigenvalue weighted by Crippen LogP contribution is -2.40. The molecule has 0 spiro atoms. The summed E-state index contributed by atoms with van der Waals surface area (Å²) in [6.45, 7) is 3.40. The summed E-state index contributed by atoms with van der Waals surface area (Å²) in [4.78, 5) is 22.0. The Bertz CT molecular complexity index is 903.